The number of rotatable bonds is 5. The molecule has 0 saturated carbocycles. The molecule has 1 aliphatic rings. The fourth-order valence-corrected chi connectivity index (χ4v) is 2.79. The van der Waals surface area contributed by atoms with Crippen molar-refractivity contribution >= 4 is 23.7 Å². The number of esters is 1. The molecule has 8 nitrogen and oxygen atoms in total. The molecule has 1 heterocycles. The number of carbonyl (C=O) groups is 3. The van der Waals surface area contributed by atoms with E-state index in [-0.39, 0.29) is 23.4 Å². The predicted molar refractivity (Wildman–Crippen MR) is 94.5 cm³/mol. The van der Waals surface area contributed by atoms with Crippen LogP contribution in [0.25, 0.3) is 0 Å². The fraction of sp³-hybridized carbons (Fsp3) is 0.500. The van der Waals surface area contributed by atoms with Crippen molar-refractivity contribution in [3.8, 4) is 5.75 Å². The minimum absolute atomic E-state index is 0.206. The topological polar surface area (TPSA) is 105 Å². The van der Waals surface area contributed by atoms with Crippen molar-refractivity contribution in [2.75, 3.05) is 25.5 Å². The molecule has 0 bridgehead atoms. The molecule has 0 unspecified atom stereocenters. The minimum atomic E-state index is -0.830. The molecule has 0 atom stereocenters. The van der Waals surface area contributed by atoms with Crippen molar-refractivity contribution in [3.63, 3.8) is 0 Å². The zero-order valence-electron chi connectivity index (χ0n) is 15.2. The summed E-state index contributed by atoms with van der Waals surface area (Å²) in [7, 11) is 1.28. The van der Waals surface area contributed by atoms with Crippen LogP contribution in [0.3, 0.4) is 0 Å². The Labute approximate surface area is 152 Å². The highest BCUT2D eigenvalue weighted by Gasteiger charge is 2.28. The lowest BCUT2D eigenvalue weighted by Crippen LogP contribution is -2.42. The van der Waals surface area contributed by atoms with Crippen molar-refractivity contribution < 1.29 is 29.0 Å². The molecule has 2 amide bonds. The summed E-state index contributed by atoms with van der Waals surface area (Å²) in [5.41, 5.74) is 0.593. The molecule has 8 heteroatoms. The maximum Gasteiger partial charge on any atom is 0.341 e. The zero-order valence-corrected chi connectivity index (χ0v) is 15.2. The summed E-state index contributed by atoms with van der Waals surface area (Å²) in [4.78, 5) is 37.1. The number of piperidine rings is 1. The van der Waals surface area contributed by atoms with E-state index in [0.717, 1.165) is 0 Å². The van der Waals surface area contributed by atoms with E-state index in [4.69, 9.17) is 14.6 Å². The van der Waals surface area contributed by atoms with Crippen LogP contribution in [0.2, 0.25) is 0 Å². The molecule has 1 saturated heterocycles. The molecule has 142 valence electrons. The van der Waals surface area contributed by atoms with Crippen molar-refractivity contribution in [2.24, 2.45) is 5.92 Å². The van der Waals surface area contributed by atoms with Gasteiger partial charge in [0.05, 0.1) is 24.8 Å². The number of carboxylic acid groups (broad SMARTS) is 1. The smallest absolute Gasteiger partial charge is 0.341 e. The molecule has 0 radical (unpaired) electrons. The SMILES string of the molecule is COC(=O)c1cccc(NC(=O)N2CCC(C(=O)O)CC2)c1OC(C)C. The maximum absolute atomic E-state index is 12.5. The van der Waals surface area contributed by atoms with Crippen LogP contribution < -0.4 is 10.1 Å². The van der Waals surface area contributed by atoms with Crippen molar-refractivity contribution in [3.05, 3.63) is 23.8 Å². The second-order valence-corrected chi connectivity index (χ2v) is 6.37. The molecule has 1 fully saturated rings. The minimum Gasteiger partial charge on any atom is -0.488 e. The number of hydrogen-bond acceptors (Lipinski definition) is 5. The maximum atomic E-state index is 12.5. The number of amides is 2. The Morgan fingerprint density at radius 2 is 1.88 bits per heavy atom. The third kappa shape index (κ3) is 4.65. The highest BCUT2D eigenvalue weighted by molar-refractivity contribution is 5.98. The quantitative estimate of drug-likeness (QED) is 0.778. The van der Waals surface area contributed by atoms with Crippen LogP contribution in [0.5, 0.6) is 5.75 Å². The van der Waals surface area contributed by atoms with Gasteiger partial charge in [0.2, 0.25) is 0 Å². The van der Waals surface area contributed by atoms with Gasteiger partial charge < -0.3 is 24.8 Å². The van der Waals surface area contributed by atoms with Crippen molar-refractivity contribution in [1.29, 1.82) is 0 Å². The summed E-state index contributed by atoms with van der Waals surface area (Å²) in [5, 5.41) is 11.8. The van der Waals surface area contributed by atoms with Gasteiger partial charge in [-0.1, -0.05) is 6.07 Å². The van der Waals surface area contributed by atoms with Crippen LogP contribution in [0.15, 0.2) is 18.2 Å². The van der Waals surface area contributed by atoms with Gasteiger partial charge in [-0.15, -0.1) is 0 Å². The number of nitrogens with one attached hydrogen (secondary N) is 1. The molecule has 2 rings (SSSR count). The second kappa shape index (κ2) is 8.55. The van der Waals surface area contributed by atoms with E-state index in [0.29, 0.717) is 31.6 Å². The summed E-state index contributed by atoms with van der Waals surface area (Å²) >= 11 is 0. The summed E-state index contributed by atoms with van der Waals surface area (Å²) in [6.45, 7) is 4.35. The molecular weight excluding hydrogens is 340 g/mol. The lowest BCUT2D eigenvalue weighted by atomic mass is 9.97. The van der Waals surface area contributed by atoms with Gasteiger partial charge in [-0.3, -0.25) is 4.79 Å². The number of benzene rings is 1. The third-order valence-corrected chi connectivity index (χ3v) is 4.15. The van der Waals surface area contributed by atoms with E-state index in [2.05, 4.69) is 5.32 Å². The number of methoxy groups -OCH3 is 1. The van der Waals surface area contributed by atoms with Crippen LogP contribution >= 0.6 is 0 Å². The van der Waals surface area contributed by atoms with E-state index in [1.54, 1.807) is 23.1 Å². The van der Waals surface area contributed by atoms with Gasteiger partial charge in [-0.25, -0.2) is 9.59 Å². The number of ether oxygens (including phenoxy) is 2. The molecule has 0 aliphatic carbocycles. The first-order valence-corrected chi connectivity index (χ1v) is 8.50. The number of nitrogens with zero attached hydrogens (tertiary/aromatic N) is 1. The molecule has 2 N–H and O–H groups in total. The van der Waals surface area contributed by atoms with E-state index in [9.17, 15) is 14.4 Å². The monoisotopic (exact) mass is 364 g/mol. The Bertz CT molecular complexity index is 680. The van der Waals surface area contributed by atoms with Gasteiger partial charge in [0.25, 0.3) is 0 Å². The van der Waals surface area contributed by atoms with Crippen LogP contribution in [-0.2, 0) is 9.53 Å². The highest BCUT2D eigenvalue weighted by Crippen LogP contribution is 2.31. The lowest BCUT2D eigenvalue weighted by molar-refractivity contribution is -0.143. The van der Waals surface area contributed by atoms with Crippen LogP contribution in [0.4, 0.5) is 10.5 Å². The summed E-state index contributed by atoms with van der Waals surface area (Å²) < 4.78 is 10.5. The molecule has 26 heavy (non-hydrogen) atoms. The van der Waals surface area contributed by atoms with Gasteiger partial charge in [-0.05, 0) is 38.8 Å². The van der Waals surface area contributed by atoms with Gasteiger partial charge in [0.15, 0.2) is 5.75 Å². The number of anilines is 1. The number of carboxylic acids is 1. The number of urea groups is 1. The normalized spacial score (nSPS) is 14.8. The van der Waals surface area contributed by atoms with Crippen molar-refractivity contribution in [2.45, 2.75) is 32.8 Å². The van der Waals surface area contributed by atoms with E-state index >= 15 is 0 Å². The Kier molecular flexibility index (Phi) is 6.43. The third-order valence-electron chi connectivity index (χ3n) is 4.15. The molecule has 0 spiro atoms. The zero-order chi connectivity index (χ0) is 19.3. The number of aliphatic carboxylic acids is 1. The Morgan fingerprint density at radius 1 is 1.23 bits per heavy atom. The first-order valence-electron chi connectivity index (χ1n) is 8.50. The van der Waals surface area contributed by atoms with Gasteiger partial charge in [0, 0.05) is 13.1 Å². The van der Waals surface area contributed by atoms with Crippen LogP contribution in [0, 0.1) is 5.92 Å². The van der Waals surface area contributed by atoms with E-state index < -0.39 is 17.9 Å². The van der Waals surface area contributed by atoms with E-state index in [1.165, 1.54) is 7.11 Å². The number of likely N-dealkylation sites (tertiary alicyclic amines) is 1. The van der Waals surface area contributed by atoms with Crippen molar-refractivity contribution in [1.82, 2.24) is 4.90 Å². The average molecular weight is 364 g/mol. The average Bonchev–Trinajstić information content (AvgIpc) is 2.62. The first kappa shape index (κ1) is 19.6. The predicted octanol–water partition coefficient (Wildman–Crippen LogP) is 2.59. The van der Waals surface area contributed by atoms with Gasteiger partial charge in [0.1, 0.15) is 5.56 Å². The Hall–Kier alpha value is -2.77. The Balaban J connectivity index is 2.16. The Morgan fingerprint density at radius 3 is 2.42 bits per heavy atom. The van der Waals surface area contributed by atoms with Crippen LogP contribution in [-0.4, -0.2) is 54.3 Å². The lowest BCUT2D eigenvalue weighted by Gasteiger charge is -2.30. The first-order chi connectivity index (χ1) is 12.3. The summed E-state index contributed by atoms with van der Waals surface area (Å²) in [6.07, 6.45) is 0.628. The summed E-state index contributed by atoms with van der Waals surface area (Å²) in [5.74, 6) is -1.55. The highest BCUT2D eigenvalue weighted by atomic mass is 16.5. The van der Waals surface area contributed by atoms with Gasteiger partial charge >= 0.3 is 18.0 Å². The molecule has 1 aromatic carbocycles. The summed E-state index contributed by atoms with van der Waals surface area (Å²) in [6, 6.07) is 4.49. The van der Waals surface area contributed by atoms with Gasteiger partial charge in [-0.2, -0.15) is 0 Å². The molecule has 1 aliphatic heterocycles. The molecular formula is C18H24N2O6. The fourth-order valence-electron chi connectivity index (χ4n) is 2.79. The van der Waals surface area contributed by atoms with E-state index in [1.807, 2.05) is 13.8 Å². The second-order valence-electron chi connectivity index (χ2n) is 6.37. The molecule has 0 aromatic heterocycles. The number of para-hydroxylation sites is 1. The number of carbonyl (C=O) groups excluding carboxylic acids is 2. The van der Waals surface area contributed by atoms with Crippen LogP contribution in [0.1, 0.15) is 37.0 Å². The number of hydrogen-bond donors (Lipinski definition) is 2. The molecule has 1 aromatic rings. The largest absolute Gasteiger partial charge is 0.488 e. The standard InChI is InChI=1S/C18H24N2O6/c1-11(2)26-15-13(17(23)25-3)5-4-6-14(15)19-18(24)20-9-7-12(8-10-20)16(21)22/h4-6,11-12H,7-10H2,1-3H3,(H,19,24)(H,21,22).